The van der Waals surface area contributed by atoms with Crippen LogP contribution in [0.5, 0.6) is 0 Å². The van der Waals surface area contributed by atoms with Gasteiger partial charge in [-0.1, -0.05) is 32.0 Å². The summed E-state index contributed by atoms with van der Waals surface area (Å²) in [4.78, 5) is 16.3. The second kappa shape index (κ2) is 9.14. The number of carbonyl (C=O) groups is 1. The number of carbonyl (C=O) groups excluding carboxylic acids is 1. The van der Waals surface area contributed by atoms with Crippen LogP contribution in [-0.2, 0) is 4.74 Å². The van der Waals surface area contributed by atoms with Gasteiger partial charge >= 0.3 is 5.97 Å². The lowest BCUT2D eigenvalue weighted by Gasteiger charge is -2.16. The van der Waals surface area contributed by atoms with Crippen LogP contribution in [0.4, 0.5) is 23.1 Å². The number of hydrogen-bond donors (Lipinski definition) is 2. The molecule has 1 heterocycles. The van der Waals surface area contributed by atoms with E-state index in [0.29, 0.717) is 29.9 Å². The van der Waals surface area contributed by atoms with Gasteiger partial charge in [-0.05, 0) is 55.2 Å². The lowest BCUT2D eigenvalue weighted by molar-refractivity contribution is 0.0526. The molecule has 0 atom stereocenters. The Kier molecular flexibility index (Phi) is 6.39. The molecule has 150 valence electrons. The Morgan fingerprint density at radius 1 is 1.10 bits per heavy atom. The van der Waals surface area contributed by atoms with Gasteiger partial charge in [0.2, 0.25) is 5.95 Å². The molecule has 0 spiro atoms. The van der Waals surface area contributed by atoms with Gasteiger partial charge in [0.15, 0.2) is 5.82 Å². The highest BCUT2D eigenvalue weighted by molar-refractivity contribution is 5.89. The minimum atomic E-state index is -0.339. The van der Waals surface area contributed by atoms with Gasteiger partial charge < -0.3 is 15.4 Å². The molecule has 0 bridgehead atoms. The van der Waals surface area contributed by atoms with Crippen molar-refractivity contribution in [3.63, 3.8) is 0 Å². The first kappa shape index (κ1) is 20.3. The largest absolute Gasteiger partial charge is 0.462 e. The average molecular weight is 391 g/mol. The number of ether oxygens (including phenoxy) is 1. The molecule has 7 heteroatoms. The normalized spacial score (nSPS) is 10.7. The molecule has 0 fully saturated rings. The number of benzene rings is 2. The summed E-state index contributed by atoms with van der Waals surface area (Å²) in [6, 6.07) is 13.2. The van der Waals surface area contributed by atoms with E-state index in [1.165, 1.54) is 5.56 Å². The molecule has 2 aromatic carbocycles. The van der Waals surface area contributed by atoms with Gasteiger partial charge in [-0.25, -0.2) is 4.79 Å². The molecule has 3 aromatic rings. The molecule has 0 aliphatic heterocycles. The summed E-state index contributed by atoms with van der Waals surface area (Å²) in [5, 5.41) is 14.6. The van der Waals surface area contributed by atoms with Gasteiger partial charge in [-0.15, -0.1) is 5.10 Å². The first-order valence-corrected chi connectivity index (χ1v) is 9.58. The molecule has 7 nitrogen and oxygen atoms in total. The lowest BCUT2D eigenvalue weighted by Crippen LogP contribution is -2.06. The molecule has 2 N–H and O–H groups in total. The maximum atomic E-state index is 11.8. The number of rotatable bonds is 7. The molecule has 29 heavy (non-hydrogen) atoms. The summed E-state index contributed by atoms with van der Waals surface area (Å²) in [5.74, 6) is 0.985. The lowest BCUT2D eigenvalue weighted by atomic mass is 9.98. The number of hydrogen-bond acceptors (Lipinski definition) is 7. The molecule has 0 aliphatic rings. The highest BCUT2D eigenvalue weighted by Crippen LogP contribution is 2.29. The molecule has 0 saturated carbocycles. The van der Waals surface area contributed by atoms with Crippen LogP contribution in [0.3, 0.4) is 0 Å². The van der Waals surface area contributed by atoms with Crippen molar-refractivity contribution in [2.45, 2.75) is 33.6 Å². The Balaban J connectivity index is 1.76. The van der Waals surface area contributed by atoms with E-state index >= 15 is 0 Å². The Hall–Kier alpha value is -3.48. The summed E-state index contributed by atoms with van der Waals surface area (Å²) in [5.41, 5.74) is 4.60. The van der Waals surface area contributed by atoms with Crippen molar-refractivity contribution in [3.05, 3.63) is 65.4 Å². The number of para-hydroxylation sites is 1. The van der Waals surface area contributed by atoms with Crippen molar-refractivity contribution >= 4 is 29.1 Å². The molecule has 0 radical (unpaired) electrons. The Labute approximate surface area is 170 Å². The Morgan fingerprint density at radius 3 is 2.55 bits per heavy atom. The third-order valence-electron chi connectivity index (χ3n) is 4.39. The summed E-state index contributed by atoms with van der Waals surface area (Å²) in [7, 11) is 0. The zero-order chi connectivity index (χ0) is 20.8. The molecule has 0 amide bonds. The van der Waals surface area contributed by atoms with Gasteiger partial charge in [0.1, 0.15) is 0 Å². The fourth-order valence-corrected chi connectivity index (χ4v) is 2.92. The maximum absolute atomic E-state index is 11.8. The van der Waals surface area contributed by atoms with Gasteiger partial charge in [0.05, 0.1) is 18.4 Å². The predicted molar refractivity (Wildman–Crippen MR) is 114 cm³/mol. The molecule has 3 rings (SSSR count). The van der Waals surface area contributed by atoms with Crippen LogP contribution in [-0.4, -0.2) is 27.8 Å². The number of anilines is 4. The van der Waals surface area contributed by atoms with Crippen LogP contribution in [0.2, 0.25) is 0 Å². The van der Waals surface area contributed by atoms with Crippen molar-refractivity contribution in [1.29, 1.82) is 0 Å². The summed E-state index contributed by atoms with van der Waals surface area (Å²) in [6.45, 7) is 8.48. The van der Waals surface area contributed by atoms with E-state index in [0.717, 1.165) is 16.9 Å². The zero-order valence-electron chi connectivity index (χ0n) is 17.1. The van der Waals surface area contributed by atoms with Crippen LogP contribution >= 0.6 is 0 Å². The molecular formula is C22H25N5O2. The maximum Gasteiger partial charge on any atom is 0.338 e. The smallest absolute Gasteiger partial charge is 0.338 e. The Bertz CT molecular complexity index is 987. The van der Waals surface area contributed by atoms with Crippen LogP contribution in [0.1, 0.15) is 48.2 Å². The van der Waals surface area contributed by atoms with Crippen LogP contribution in [0.25, 0.3) is 0 Å². The highest BCUT2D eigenvalue weighted by atomic mass is 16.5. The van der Waals surface area contributed by atoms with Gasteiger partial charge in [-0.2, -0.15) is 10.1 Å². The zero-order valence-corrected chi connectivity index (χ0v) is 17.1. The fourth-order valence-electron chi connectivity index (χ4n) is 2.92. The van der Waals surface area contributed by atoms with Crippen LogP contribution in [0.15, 0.2) is 48.7 Å². The summed E-state index contributed by atoms with van der Waals surface area (Å²) < 4.78 is 5.00. The van der Waals surface area contributed by atoms with Crippen molar-refractivity contribution in [1.82, 2.24) is 15.2 Å². The molecular weight excluding hydrogens is 366 g/mol. The van der Waals surface area contributed by atoms with Crippen LogP contribution < -0.4 is 10.6 Å². The number of aromatic nitrogens is 3. The highest BCUT2D eigenvalue weighted by Gasteiger charge is 2.11. The molecule has 1 aromatic heterocycles. The topological polar surface area (TPSA) is 89.0 Å². The van der Waals surface area contributed by atoms with Crippen molar-refractivity contribution < 1.29 is 9.53 Å². The van der Waals surface area contributed by atoms with Crippen molar-refractivity contribution in [3.8, 4) is 0 Å². The second-order valence-corrected chi connectivity index (χ2v) is 6.91. The minimum absolute atomic E-state index is 0.339. The van der Waals surface area contributed by atoms with E-state index < -0.39 is 0 Å². The number of nitrogens with one attached hydrogen (secondary N) is 2. The molecule has 0 saturated heterocycles. The van der Waals surface area contributed by atoms with E-state index in [9.17, 15) is 4.79 Å². The SMILES string of the molecule is CCOC(=O)c1ccc(Nc2cnnc(Nc3c(C)cccc3C(C)C)n2)cc1. The summed E-state index contributed by atoms with van der Waals surface area (Å²) in [6.07, 6.45) is 1.55. The molecule has 0 unspecified atom stereocenters. The standard InChI is InChI=1S/C22H25N5O2/c1-5-29-21(28)16-9-11-17(12-10-16)24-19-13-23-27-22(25-19)26-20-15(4)7-6-8-18(20)14(2)3/h6-14H,5H2,1-4H3,(H2,24,25,26,27). The van der Waals surface area contributed by atoms with Gasteiger partial charge in [0.25, 0.3) is 0 Å². The van der Waals surface area contributed by atoms with Gasteiger partial charge in [-0.3, -0.25) is 0 Å². The predicted octanol–water partition coefficient (Wildman–Crippen LogP) is 4.97. The second-order valence-electron chi connectivity index (χ2n) is 6.91. The van der Waals surface area contributed by atoms with E-state index in [-0.39, 0.29) is 5.97 Å². The first-order valence-electron chi connectivity index (χ1n) is 9.58. The quantitative estimate of drug-likeness (QED) is 0.550. The van der Waals surface area contributed by atoms with E-state index in [4.69, 9.17) is 4.74 Å². The first-order chi connectivity index (χ1) is 14.0. The third-order valence-corrected chi connectivity index (χ3v) is 4.39. The van der Waals surface area contributed by atoms with Crippen molar-refractivity contribution in [2.24, 2.45) is 0 Å². The van der Waals surface area contributed by atoms with E-state index in [1.807, 2.05) is 6.07 Å². The minimum Gasteiger partial charge on any atom is -0.462 e. The van der Waals surface area contributed by atoms with Crippen LogP contribution in [0, 0.1) is 6.92 Å². The van der Waals surface area contributed by atoms with Crippen molar-refractivity contribution in [2.75, 3.05) is 17.2 Å². The number of aryl methyl sites for hydroxylation is 1. The number of esters is 1. The Morgan fingerprint density at radius 2 is 1.86 bits per heavy atom. The monoisotopic (exact) mass is 391 g/mol. The molecule has 0 aliphatic carbocycles. The van der Waals surface area contributed by atoms with Gasteiger partial charge in [0, 0.05) is 11.4 Å². The van der Waals surface area contributed by atoms with E-state index in [2.05, 4.69) is 58.7 Å². The fraction of sp³-hybridized carbons (Fsp3) is 0.273. The average Bonchev–Trinajstić information content (AvgIpc) is 2.70. The third kappa shape index (κ3) is 5.07. The number of nitrogens with zero attached hydrogens (tertiary/aromatic N) is 3. The summed E-state index contributed by atoms with van der Waals surface area (Å²) >= 11 is 0. The van der Waals surface area contributed by atoms with E-state index in [1.54, 1.807) is 37.4 Å².